The largest absolute Gasteiger partial charge is 0.486 e. The standard InChI is InChI=1S/C20H20FN3O2/c21-15-4-2-1-3-14(15)20-23-16-11-18-19(26-10-9-25-18)12-17(16)24(20)13-5-7-22-8-6-13/h1-4,11-13,22H,5-10H2. The predicted octanol–water partition coefficient (Wildman–Crippen LogP) is 3.54. The molecule has 5 nitrogen and oxygen atoms in total. The molecular weight excluding hydrogens is 333 g/mol. The lowest BCUT2D eigenvalue weighted by molar-refractivity contribution is 0.172. The van der Waals surface area contributed by atoms with Crippen LogP contribution in [-0.2, 0) is 0 Å². The van der Waals surface area contributed by atoms with Crippen LogP contribution in [-0.4, -0.2) is 35.9 Å². The third-order valence-corrected chi connectivity index (χ3v) is 5.14. The molecule has 0 saturated carbocycles. The van der Waals surface area contributed by atoms with Gasteiger partial charge in [-0.15, -0.1) is 0 Å². The molecule has 134 valence electrons. The van der Waals surface area contributed by atoms with Gasteiger partial charge in [0.25, 0.3) is 0 Å². The number of halogens is 1. The van der Waals surface area contributed by atoms with Gasteiger partial charge in [-0.3, -0.25) is 0 Å². The Morgan fingerprint density at radius 2 is 1.77 bits per heavy atom. The molecule has 0 atom stereocenters. The number of hydrogen-bond acceptors (Lipinski definition) is 4. The smallest absolute Gasteiger partial charge is 0.163 e. The molecule has 3 heterocycles. The maximum atomic E-state index is 14.5. The molecule has 0 bridgehead atoms. The second-order valence-corrected chi connectivity index (χ2v) is 6.75. The molecular formula is C20H20FN3O2. The first-order valence-electron chi connectivity index (χ1n) is 9.08. The van der Waals surface area contributed by atoms with Crippen LogP contribution in [0, 0.1) is 5.82 Å². The summed E-state index contributed by atoms with van der Waals surface area (Å²) in [6, 6.07) is 11.0. The molecule has 26 heavy (non-hydrogen) atoms. The summed E-state index contributed by atoms with van der Waals surface area (Å²) < 4.78 is 28.2. The van der Waals surface area contributed by atoms with Crippen molar-refractivity contribution in [3.63, 3.8) is 0 Å². The topological polar surface area (TPSA) is 48.3 Å². The number of ether oxygens (including phenoxy) is 2. The van der Waals surface area contributed by atoms with E-state index in [4.69, 9.17) is 14.5 Å². The van der Waals surface area contributed by atoms with E-state index in [1.54, 1.807) is 12.1 Å². The molecule has 0 radical (unpaired) electrons. The summed E-state index contributed by atoms with van der Waals surface area (Å²) >= 11 is 0. The summed E-state index contributed by atoms with van der Waals surface area (Å²) in [5.74, 6) is 1.86. The van der Waals surface area contributed by atoms with Gasteiger partial charge in [0, 0.05) is 18.2 Å². The number of nitrogens with one attached hydrogen (secondary N) is 1. The number of nitrogens with zero attached hydrogens (tertiary/aromatic N) is 2. The van der Waals surface area contributed by atoms with Crippen molar-refractivity contribution < 1.29 is 13.9 Å². The fraction of sp³-hybridized carbons (Fsp3) is 0.350. The zero-order valence-corrected chi connectivity index (χ0v) is 14.4. The zero-order valence-electron chi connectivity index (χ0n) is 14.4. The van der Waals surface area contributed by atoms with E-state index in [1.807, 2.05) is 18.2 Å². The van der Waals surface area contributed by atoms with Crippen LogP contribution < -0.4 is 14.8 Å². The van der Waals surface area contributed by atoms with Gasteiger partial charge in [0.1, 0.15) is 24.9 Å². The molecule has 1 N–H and O–H groups in total. The SMILES string of the molecule is Fc1ccccc1-c1nc2cc3c(cc2n1C1CCNCC1)OCCO3. The van der Waals surface area contributed by atoms with Gasteiger partial charge >= 0.3 is 0 Å². The fourth-order valence-corrected chi connectivity index (χ4v) is 3.90. The lowest BCUT2D eigenvalue weighted by Gasteiger charge is -2.27. The Balaban J connectivity index is 1.75. The first-order chi connectivity index (χ1) is 12.8. The number of imidazole rings is 1. The van der Waals surface area contributed by atoms with E-state index in [2.05, 4.69) is 9.88 Å². The maximum Gasteiger partial charge on any atom is 0.163 e. The van der Waals surface area contributed by atoms with E-state index in [9.17, 15) is 4.39 Å². The fourth-order valence-electron chi connectivity index (χ4n) is 3.90. The Hall–Kier alpha value is -2.60. The van der Waals surface area contributed by atoms with E-state index >= 15 is 0 Å². The second-order valence-electron chi connectivity index (χ2n) is 6.75. The highest BCUT2D eigenvalue weighted by atomic mass is 19.1. The number of rotatable bonds is 2. The third-order valence-electron chi connectivity index (χ3n) is 5.14. The van der Waals surface area contributed by atoms with Crippen LogP contribution in [0.2, 0.25) is 0 Å². The van der Waals surface area contributed by atoms with E-state index < -0.39 is 0 Å². The number of hydrogen-bond donors (Lipinski definition) is 1. The Morgan fingerprint density at radius 3 is 2.54 bits per heavy atom. The van der Waals surface area contributed by atoms with Crippen LogP contribution in [0.5, 0.6) is 11.5 Å². The highest BCUT2D eigenvalue weighted by molar-refractivity contribution is 5.84. The van der Waals surface area contributed by atoms with Crippen molar-refractivity contribution in [3.8, 4) is 22.9 Å². The van der Waals surface area contributed by atoms with Crippen molar-refractivity contribution in [2.45, 2.75) is 18.9 Å². The minimum atomic E-state index is -0.254. The predicted molar refractivity (Wildman–Crippen MR) is 97.3 cm³/mol. The Labute approximate surface area is 150 Å². The first-order valence-corrected chi connectivity index (χ1v) is 9.08. The zero-order chi connectivity index (χ0) is 17.5. The molecule has 0 spiro atoms. The summed E-state index contributed by atoms with van der Waals surface area (Å²) in [5, 5.41) is 3.39. The Bertz CT molecular complexity index is 963. The van der Waals surface area contributed by atoms with Gasteiger partial charge in [-0.2, -0.15) is 0 Å². The highest BCUT2D eigenvalue weighted by Crippen LogP contribution is 2.39. The summed E-state index contributed by atoms with van der Waals surface area (Å²) in [7, 11) is 0. The van der Waals surface area contributed by atoms with Crippen LogP contribution in [0.15, 0.2) is 36.4 Å². The second kappa shape index (κ2) is 6.29. The van der Waals surface area contributed by atoms with Crippen LogP contribution in [0.1, 0.15) is 18.9 Å². The summed E-state index contributed by atoms with van der Waals surface area (Å²) in [4.78, 5) is 4.79. The van der Waals surface area contributed by atoms with Crippen molar-refractivity contribution in [3.05, 3.63) is 42.2 Å². The van der Waals surface area contributed by atoms with Gasteiger partial charge in [0.2, 0.25) is 0 Å². The van der Waals surface area contributed by atoms with E-state index in [-0.39, 0.29) is 11.9 Å². The molecule has 6 heteroatoms. The molecule has 0 aliphatic carbocycles. The van der Waals surface area contributed by atoms with Crippen molar-refractivity contribution >= 4 is 11.0 Å². The molecule has 2 aliphatic rings. The first kappa shape index (κ1) is 15.6. The monoisotopic (exact) mass is 353 g/mol. The summed E-state index contributed by atoms with van der Waals surface area (Å²) in [6.45, 7) is 2.98. The van der Waals surface area contributed by atoms with Crippen LogP contribution in [0.25, 0.3) is 22.4 Å². The average Bonchev–Trinajstić information content (AvgIpc) is 3.05. The minimum Gasteiger partial charge on any atom is -0.486 e. The number of benzene rings is 2. The lowest BCUT2D eigenvalue weighted by Crippen LogP contribution is -2.29. The van der Waals surface area contributed by atoms with Crippen molar-refractivity contribution in [1.29, 1.82) is 0 Å². The van der Waals surface area contributed by atoms with Crippen molar-refractivity contribution in [2.24, 2.45) is 0 Å². The molecule has 1 fully saturated rings. The Kier molecular flexibility index (Phi) is 3.78. The lowest BCUT2D eigenvalue weighted by atomic mass is 10.1. The number of piperidine rings is 1. The molecule has 3 aromatic rings. The van der Waals surface area contributed by atoms with Crippen molar-refractivity contribution in [1.82, 2.24) is 14.9 Å². The maximum absolute atomic E-state index is 14.5. The number of aromatic nitrogens is 2. The quantitative estimate of drug-likeness (QED) is 0.766. The van der Waals surface area contributed by atoms with Gasteiger partial charge in [0.05, 0.1) is 16.6 Å². The minimum absolute atomic E-state index is 0.254. The summed E-state index contributed by atoms with van der Waals surface area (Å²) in [5.41, 5.74) is 2.31. The molecule has 1 aromatic heterocycles. The average molecular weight is 353 g/mol. The van der Waals surface area contributed by atoms with Gasteiger partial charge in [-0.1, -0.05) is 12.1 Å². The van der Waals surface area contributed by atoms with Crippen molar-refractivity contribution in [2.75, 3.05) is 26.3 Å². The molecule has 2 aromatic carbocycles. The molecule has 2 aliphatic heterocycles. The highest BCUT2D eigenvalue weighted by Gasteiger charge is 2.25. The van der Waals surface area contributed by atoms with E-state index in [1.165, 1.54) is 6.07 Å². The molecule has 1 saturated heterocycles. The van der Waals surface area contributed by atoms with Gasteiger partial charge in [0.15, 0.2) is 11.5 Å². The van der Waals surface area contributed by atoms with Gasteiger partial charge in [-0.25, -0.2) is 9.37 Å². The molecule has 5 rings (SSSR count). The van der Waals surface area contributed by atoms with E-state index in [0.29, 0.717) is 30.4 Å². The van der Waals surface area contributed by atoms with Crippen LogP contribution >= 0.6 is 0 Å². The van der Waals surface area contributed by atoms with Crippen LogP contribution in [0.4, 0.5) is 4.39 Å². The molecule has 0 unspecified atom stereocenters. The van der Waals surface area contributed by atoms with E-state index in [0.717, 1.165) is 42.7 Å². The van der Waals surface area contributed by atoms with Gasteiger partial charge < -0.3 is 19.4 Å². The van der Waals surface area contributed by atoms with Gasteiger partial charge in [-0.05, 0) is 38.1 Å². The third kappa shape index (κ3) is 2.52. The summed E-state index contributed by atoms with van der Waals surface area (Å²) in [6.07, 6.45) is 1.97. The molecule has 0 amide bonds. The Morgan fingerprint density at radius 1 is 1.04 bits per heavy atom. The normalized spacial score (nSPS) is 17.6. The van der Waals surface area contributed by atoms with Crippen LogP contribution in [0.3, 0.4) is 0 Å². The number of fused-ring (bicyclic) bond motifs is 2.